The molecule has 0 fully saturated rings. The molecule has 0 aliphatic carbocycles. The molecule has 0 saturated carbocycles. The molecule has 1 rings (SSSR count). The summed E-state index contributed by atoms with van der Waals surface area (Å²) in [6.45, 7) is 6.52. The number of methoxy groups -OCH3 is 1. The normalized spacial score (nSPS) is 10.5. The van der Waals surface area contributed by atoms with Crippen LogP contribution < -0.4 is 0 Å². The van der Waals surface area contributed by atoms with Gasteiger partial charge in [0.15, 0.2) is 0 Å². The van der Waals surface area contributed by atoms with Crippen molar-refractivity contribution in [3.05, 3.63) is 17.0 Å². The highest BCUT2D eigenvalue weighted by Crippen LogP contribution is 2.14. The summed E-state index contributed by atoms with van der Waals surface area (Å²) >= 11 is 0. The highest BCUT2D eigenvalue weighted by molar-refractivity contribution is 5.82. The van der Waals surface area contributed by atoms with Crippen LogP contribution in [-0.2, 0) is 27.8 Å². The van der Waals surface area contributed by atoms with Crippen molar-refractivity contribution in [1.82, 2.24) is 14.7 Å². The lowest BCUT2D eigenvalue weighted by Crippen LogP contribution is -2.36. The van der Waals surface area contributed by atoms with Crippen molar-refractivity contribution in [2.75, 3.05) is 20.2 Å². The van der Waals surface area contributed by atoms with E-state index in [9.17, 15) is 9.59 Å². The van der Waals surface area contributed by atoms with E-state index in [0.717, 1.165) is 23.4 Å². The summed E-state index contributed by atoms with van der Waals surface area (Å²) in [7, 11) is 3.23. The molecule has 0 atom stereocenters. The summed E-state index contributed by atoms with van der Waals surface area (Å²) < 4.78 is 6.46. The van der Waals surface area contributed by atoms with E-state index in [4.69, 9.17) is 0 Å². The molecule has 1 aromatic rings. The molecule has 6 nitrogen and oxygen atoms in total. The Balaban J connectivity index is 2.67. The first kappa shape index (κ1) is 17.2. The van der Waals surface area contributed by atoms with Crippen molar-refractivity contribution >= 4 is 11.9 Å². The first-order valence-corrected chi connectivity index (χ1v) is 7.24. The Morgan fingerprint density at radius 3 is 2.48 bits per heavy atom. The van der Waals surface area contributed by atoms with Crippen LogP contribution in [0.2, 0.25) is 0 Å². The molecule has 118 valence electrons. The number of carbonyl (C=O) groups is 2. The van der Waals surface area contributed by atoms with Gasteiger partial charge in [0.1, 0.15) is 6.54 Å². The Labute approximate surface area is 126 Å². The number of esters is 1. The van der Waals surface area contributed by atoms with Gasteiger partial charge in [0, 0.05) is 25.7 Å². The molecule has 6 heteroatoms. The van der Waals surface area contributed by atoms with Crippen LogP contribution in [0.25, 0.3) is 0 Å². The van der Waals surface area contributed by atoms with Gasteiger partial charge in [-0.05, 0) is 32.3 Å². The first-order valence-electron chi connectivity index (χ1n) is 7.24. The molecule has 0 saturated heterocycles. The second kappa shape index (κ2) is 7.81. The Morgan fingerprint density at radius 2 is 2.00 bits per heavy atom. The minimum atomic E-state index is -0.384. The van der Waals surface area contributed by atoms with E-state index in [-0.39, 0.29) is 18.4 Å². The molecule has 21 heavy (non-hydrogen) atoms. The van der Waals surface area contributed by atoms with Crippen LogP contribution >= 0.6 is 0 Å². The van der Waals surface area contributed by atoms with Gasteiger partial charge >= 0.3 is 5.97 Å². The topological polar surface area (TPSA) is 64.4 Å². The van der Waals surface area contributed by atoms with E-state index < -0.39 is 0 Å². The summed E-state index contributed by atoms with van der Waals surface area (Å²) in [6, 6.07) is 0. The summed E-state index contributed by atoms with van der Waals surface area (Å²) in [6.07, 6.45) is 1.84. The quantitative estimate of drug-likeness (QED) is 0.713. The van der Waals surface area contributed by atoms with Gasteiger partial charge in [-0.15, -0.1) is 0 Å². The van der Waals surface area contributed by atoms with Crippen molar-refractivity contribution in [2.45, 2.75) is 40.0 Å². The van der Waals surface area contributed by atoms with Gasteiger partial charge in [0.2, 0.25) is 5.91 Å². The lowest BCUT2D eigenvalue weighted by Gasteiger charge is -2.20. The number of carbonyl (C=O) groups excluding carboxylic acids is 2. The van der Waals surface area contributed by atoms with Crippen molar-refractivity contribution in [1.29, 1.82) is 0 Å². The Morgan fingerprint density at radius 1 is 1.33 bits per heavy atom. The van der Waals surface area contributed by atoms with Gasteiger partial charge in [0.25, 0.3) is 0 Å². The summed E-state index contributed by atoms with van der Waals surface area (Å²) in [5.74, 6) is -0.407. The highest BCUT2D eigenvalue weighted by atomic mass is 16.5. The fourth-order valence-electron chi connectivity index (χ4n) is 2.35. The van der Waals surface area contributed by atoms with Crippen LogP contribution in [0.1, 0.15) is 36.7 Å². The molecule has 0 unspecified atom stereocenters. The smallest absolute Gasteiger partial charge is 0.325 e. The zero-order valence-electron chi connectivity index (χ0n) is 13.6. The molecule has 1 heterocycles. The minimum absolute atomic E-state index is 0.0220. The molecule has 0 N–H and O–H groups in total. The second-order valence-corrected chi connectivity index (χ2v) is 5.16. The van der Waals surface area contributed by atoms with E-state index in [0.29, 0.717) is 19.4 Å². The summed E-state index contributed by atoms with van der Waals surface area (Å²) in [5, 5.41) is 4.35. The SMILES string of the molecule is CCCN(CC(=O)OC)C(=O)CCc1c(C)nn(C)c1C. The molecule has 0 spiro atoms. The molecule has 0 aliphatic rings. The molecule has 1 amide bonds. The van der Waals surface area contributed by atoms with Crippen LogP contribution in [0.5, 0.6) is 0 Å². The monoisotopic (exact) mass is 295 g/mol. The van der Waals surface area contributed by atoms with Gasteiger partial charge in [-0.1, -0.05) is 6.92 Å². The third-order valence-corrected chi connectivity index (χ3v) is 3.64. The number of aryl methyl sites for hydroxylation is 2. The number of rotatable bonds is 7. The minimum Gasteiger partial charge on any atom is -0.468 e. The molecule has 0 aromatic carbocycles. The maximum atomic E-state index is 12.3. The summed E-state index contributed by atoms with van der Waals surface area (Å²) in [5.41, 5.74) is 3.15. The van der Waals surface area contributed by atoms with Crippen molar-refractivity contribution in [3.8, 4) is 0 Å². The fraction of sp³-hybridized carbons (Fsp3) is 0.667. The average Bonchev–Trinajstić information content (AvgIpc) is 2.69. The van der Waals surface area contributed by atoms with Crippen molar-refractivity contribution in [3.63, 3.8) is 0 Å². The molecule has 0 radical (unpaired) electrons. The van der Waals surface area contributed by atoms with Crippen LogP contribution in [0.3, 0.4) is 0 Å². The maximum absolute atomic E-state index is 12.3. The number of nitrogens with zero attached hydrogens (tertiary/aromatic N) is 3. The van der Waals surface area contributed by atoms with Crippen molar-refractivity contribution < 1.29 is 14.3 Å². The molecule has 1 aromatic heterocycles. The van der Waals surface area contributed by atoms with Gasteiger partial charge in [-0.3, -0.25) is 14.3 Å². The van der Waals surface area contributed by atoms with Crippen molar-refractivity contribution in [2.24, 2.45) is 7.05 Å². The van der Waals surface area contributed by atoms with E-state index in [1.807, 2.05) is 32.5 Å². The standard InChI is InChI=1S/C15H25N3O3/c1-6-9-18(10-15(20)21-5)14(19)8-7-13-11(2)16-17(4)12(13)3/h6-10H2,1-5H3. The third-order valence-electron chi connectivity index (χ3n) is 3.64. The van der Waals surface area contributed by atoms with Gasteiger partial charge < -0.3 is 9.64 Å². The number of hydrogen-bond donors (Lipinski definition) is 0. The third kappa shape index (κ3) is 4.58. The van der Waals surface area contributed by atoms with Gasteiger partial charge in [-0.25, -0.2) is 0 Å². The highest BCUT2D eigenvalue weighted by Gasteiger charge is 2.18. The number of amides is 1. The van der Waals surface area contributed by atoms with Gasteiger partial charge in [-0.2, -0.15) is 5.10 Å². The van der Waals surface area contributed by atoms with Gasteiger partial charge in [0.05, 0.1) is 12.8 Å². The fourth-order valence-corrected chi connectivity index (χ4v) is 2.35. The first-order chi connectivity index (χ1) is 9.90. The van der Waals surface area contributed by atoms with E-state index in [1.165, 1.54) is 7.11 Å². The zero-order valence-corrected chi connectivity index (χ0v) is 13.6. The Hall–Kier alpha value is -1.85. The number of ether oxygens (including phenoxy) is 1. The average molecular weight is 295 g/mol. The van der Waals surface area contributed by atoms with E-state index >= 15 is 0 Å². The predicted molar refractivity (Wildman–Crippen MR) is 79.9 cm³/mol. The lowest BCUT2D eigenvalue weighted by atomic mass is 10.1. The van der Waals surface area contributed by atoms with Crippen LogP contribution in [0, 0.1) is 13.8 Å². The lowest BCUT2D eigenvalue weighted by molar-refractivity contribution is -0.147. The second-order valence-electron chi connectivity index (χ2n) is 5.16. The molecule has 0 bridgehead atoms. The van der Waals surface area contributed by atoms with Crippen LogP contribution in [0.15, 0.2) is 0 Å². The zero-order chi connectivity index (χ0) is 16.0. The van der Waals surface area contributed by atoms with E-state index in [1.54, 1.807) is 4.90 Å². The number of aromatic nitrogens is 2. The Bertz CT molecular complexity index is 509. The van der Waals surface area contributed by atoms with Crippen LogP contribution in [-0.4, -0.2) is 46.8 Å². The summed E-state index contributed by atoms with van der Waals surface area (Å²) in [4.78, 5) is 25.2. The Kier molecular flexibility index (Phi) is 6.39. The van der Waals surface area contributed by atoms with Crippen LogP contribution in [0.4, 0.5) is 0 Å². The largest absolute Gasteiger partial charge is 0.468 e. The molecule has 0 aliphatic heterocycles. The predicted octanol–water partition coefficient (Wildman–Crippen LogP) is 1.38. The molecular formula is C15H25N3O3. The number of hydrogen-bond acceptors (Lipinski definition) is 4. The molecular weight excluding hydrogens is 270 g/mol. The van der Waals surface area contributed by atoms with E-state index in [2.05, 4.69) is 9.84 Å². The maximum Gasteiger partial charge on any atom is 0.325 e.